The molecule has 2 rings (SSSR count). The van der Waals surface area contributed by atoms with Gasteiger partial charge in [-0.15, -0.1) is 0 Å². The Bertz CT molecular complexity index is 310. The van der Waals surface area contributed by atoms with Crippen LogP contribution in [-0.2, 0) is 12.6 Å². The van der Waals surface area contributed by atoms with Gasteiger partial charge in [0.15, 0.2) is 0 Å². The van der Waals surface area contributed by atoms with Crippen LogP contribution in [0.5, 0.6) is 0 Å². The van der Waals surface area contributed by atoms with Crippen molar-refractivity contribution in [1.82, 2.24) is 14.7 Å². The first-order chi connectivity index (χ1) is 6.10. The van der Waals surface area contributed by atoms with E-state index in [0.717, 1.165) is 18.7 Å². The average molecular weight is 181 g/mol. The average Bonchev–Trinajstić information content (AvgIpc) is 2.60. The maximum Gasteiger partial charge on any atom is 0.122 e. The second-order valence-corrected chi connectivity index (χ2v) is 3.89. The van der Waals surface area contributed by atoms with Gasteiger partial charge >= 0.3 is 0 Å². The van der Waals surface area contributed by atoms with E-state index in [4.69, 9.17) is 0 Å². The van der Waals surface area contributed by atoms with Gasteiger partial charge in [-0.1, -0.05) is 0 Å². The van der Waals surface area contributed by atoms with Crippen LogP contribution in [0.3, 0.4) is 0 Å². The fourth-order valence-corrected chi connectivity index (χ4v) is 1.85. The molecule has 2 heterocycles. The summed E-state index contributed by atoms with van der Waals surface area (Å²) in [5.74, 6) is 0. The standard InChI is InChI=1S/C9H15N3O/c1-11-6-4-9(13,7-11)8-3-5-12(2)10-8/h3,5,13H,4,6-7H2,1-2H3. The lowest BCUT2D eigenvalue weighted by atomic mass is 9.99. The molecule has 1 aliphatic heterocycles. The minimum atomic E-state index is -0.726. The highest BCUT2D eigenvalue weighted by molar-refractivity contribution is 5.13. The van der Waals surface area contributed by atoms with Crippen molar-refractivity contribution in [2.45, 2.75) is 12.0 Å². The van der Waals surface area contributed by atoms with E-state index >= 15 is 0 Å². The number of β-amino-alcohol motifs (C(OH)–C–C–N with tert-alkyl or cyclic N) is 1. The molecule has 0 aliphatic carbocycles. The number of likely N-dealkylation sites (tertiary alicyclic amines) is 1. The van der Waals surface area contributed by atoms with Crippen LogP contribution in [0.4, 0.5) is 0 Å². The smallest absolute Gasteiger partial charge is 0.122 e. The van der Waals surface area contributed by atoms with Gasteiger partial charge in [-0.05, 0) is 19.5 Å². The van der Waals surface area contributed by atoms with Crippen molar-refractivity contribution in [2.75, 3.05) is 20.1 Å². The SMILES string of the molecule is CN1CCC(O)(c2ccn(C)n2)C1. The van der Waals surface area contributed by atoms with Crippen LogP contribution in [-0.4, -0.2) is 39.9 Å². The molecule has 1 aromatic rings. The van der Waals surface area contributed by atoms with Gasteiger partial charge in [-0.2, -0.15) is 5.10 Å². The molecule has 1 saturated heterocycles. The van der Waals surface area contributed by atoms with Crippen molar-refractivity contribution >= 4 is 0 Å². The normalized spacial score (nSPS) is 29.8. The molecule has 0 saturated carbocycles. The molecule has 0 amide bonds. The number of aliphatic hydroxyl groups is 1. The summed E-state index contributed by atoms with van der Waals surface area (Å²) in [6.45, 7) is 1.62. The van der Waals surface area contributed by atoms with E-state index in [2.05, 4.69) is 10.00 Å². The van der Waals surface area contributed by atoms with Crippen LogP contribution in [0, 0.1) is 0 Å². The lowest BCUT2D eigenvalue weighted by molar-refractivity contribution is 0.0439. The van der Waals surface area contributed by atoms with Crippen molar-refractivity contribution < 1.29 is 5.11 Å². The highest BCUT2D eigenvalue weighted by Crippen LogP contribution is 2.29. The van der Waals surface area contributed by atoms with Crippen molar-refractivity contribution in [3.8, 4) is 0 Å². The molecule has 4 nitrogen and oxygen atoms in total. The van der Waals surface area contributed by atoms with Gasteiger partial charge in [0.25, 0.3) is 0 Å². The minimum Gasteiger partial charge on any atom is -0.382 e. The molecule has 0 radical (unpaired) electrons. The molecule has 13 heavy (non-hydrogen) atoms. The van der Waals surface area contributed by atoms with Gasteiger partial charge in [0.05, 0.1) is 5.69 Å². The molecule has 1 aliphatic rings. The zero-order valence-corrected chi connectivity index (χ0v) is 8.06. The molecule has 1 aromatic heterocycles. The van der Waals surface area contributed by atoms with Gasteiger partial charge < -0.3 is 10.0 Å². The van der Waals surface area contributed by atoms with Crippen molar-refractivity contribution in [1.29, 1.82) is 0 Å². The van der Waals surface area contributed by atoms with E-state index in [-0.39, 0.29) is 0 Å². The molecular weight excluding hydrogens is 166 g/mol. The number of hydrogen-bond donors (Lipinski definition) is 1. The summed E-state index contributed by atoms with van der Waals surface area (Å²) >= 11 is 0. The monoisotopic (exact) mass is 181 g/mol. The second-order valence-electron chi connectivity index (χ2n) is 3.89. The summed E-state index contributed by atoms with van der Waals surface area (Å²) in [6.07, 6.45) is 2.64. The summed E-state index contributed by atoms with van der Waals surface area (Å²) in [4.78, 5) is 2.12. The Kier molecular flexibility index (Phi) is 1.89. The summed E-state index contributed by atoms with van der Waals surface area (Å²) in [7, 11) is 3.88. The molecule has 4 heteroatoms. The third kappa shape index (κ3) is 1.47. The number of hydrogen-bond acceptors (Lipinski definition) is 3. The van der Waals surface area contributed by atoms with Gasteiger partial charge in [-0.3, -0.25) is 4.68 Å². The van der Waals surface area contributed by atoms with Crippen LogP contribution < -0.4 is 0 Å². The van der Waals surface area contributed by atoms with Gasteiger partial charge in [0.1, 0.15) is 5.60 Å². The molecule has 1 fully saturated rings. The van der Waals surface area contributed by atoms with Crippen LogP contribution >= 0.6 is 0 Å². The molecule has 1 atom stereocenters. The minimum absolute atomic E-state index is 0.685. The summed E-state index contributed by atoms with van der Waals surface area (Å²) in [5, 5.41) is 14.5. The predicted octanol–water partition coefficient (Wildman–Crippen LogP) is -0.0568. The number of aromatic nitrogens is 2. The Balaban J connectivity index is 2.25. The van der Waals surface area contributed by atoms with Gasteiger partial charge in [0.2, 0.25) is 0 Å². The lowest BCUT2D eigenvalue weighted by Crippen LogP contribution is -2.29. The lowest BCUT2D eigenvalue weighted by Gasteiger charge is -2.19. The largest absolute Gasteiger partial charge is 0.382 e. The Morgan fingerprint density at radius 2 is 2.31 bits per heavy atom. The molecule has 0 bridgehead atoms. The highest BCUT2D eigenvalue weighted by atomic mass is 16.3. The van der Waals surface area contributed by atoms with Crippen LogP contribution in [0.15, 0.2) is 12.3 Å². The molecular formula is C9H15N3O. The molecule has 0 aromatic carbocycles. The zero-order valence-electron chi connectivity index (χ0n) is 8.06. The molecule has 1 N–H and O–H groups in total. The maximum atomic E-state index is 10.2. The summed E-state index contributed by atoms with van der Waals surface area (Å²) < 4.78 is 1.73. The quantitative estimate of drug-likeness (QED) is 0.660. The van der Waals surface area contributed by atoms with E-state index in [1.807, 2.05) is 26.4 Å². The van der Waals surface area contributed by atoms with E-state index in [0.29, 0.717) is 6.54 Å². The Labute approximate surface area is 77.8 Å². The van der Waals surface area contributed by atoms with Crippen molar-refractivity contribution in [3.05, 3.63) is 18.0 Å². The molecule has 0 spiro atoms. The highest BCUT2D eigenvalue weighted by Gasteiger charge is 2.37. The molecule has 72 valence electrons. The predicted molar refractivity (Wildman–Crippen MR) is 49.2 cm³/mol. The number of likely N-dealkylation sites (N-methyl/N-ethyl adjacent to an activating group) is 1. The Hall–Kier alpha value is -0.870. The number of nitrogens with zero attached hydrogens (tertiary/aromatic N) is 3. The summed E-state index contributed by atoms with van der Waals surface area (Å²) in [5.41, 5.74) is 0.0649. The third-order valence-electron chi connectivity index (χ3n) is 2.63. The van der Waals surface area contributed by atoms with Gasteiger partial charge in [0, 0.05) is 26.3 Å². The second kappa shape index (κ2) is 2.82. The van der Waals surface area contributed by atoms with E-state index in [1.54, 1.807) is 4.68 Å². The van der Waals surface area contributed by atoms with Crippen LogP contribution in [0.25, 0.3) is 0 Å². The van der Waals surface area contributed by atoms with E-state index in [9.17, 15) is 5.11 Å². The summed E-state index contributed by atoms with van der Waals surface area (Å²) in [6, 6.07) is 1.89. The Morgan fingerprint density at radius 1 is 1.54 bits per heavy atom. The maximum absolute atomic E-state index is 10.2. The first kappa shape index (κ1) is 8.72. The fraction of sp³-hybridized carbons (Fsp3) is 0.667. The van der Waals surface area contributed by atoms with Gasteiger partial charge in [-0.25, -0.2) is 0 Å². The molecule has 1 unspecified atom stereocenters. The van der Waals surface area contributed by atoms with Crippen LogP contribution in [0.2, 0.25) is 0 Å². The fourth-order valence-electron chi connectivity index (χ4n) is 1.85. The van der Waals surface area contributed by atoms with E-state index in [1.165, 1.54) is 0 Å². The number of aryl methyl sites for hydroxylation is 1. The first-order valence-corrected chi connectivity index (χ1v) is 4.51. The van der Waals surface area contributed by atoms with Crippen molar-refractivity contribution in [3.63, 3.8) is 0 Å². The third-order valence-corrected chi connectivity index (χ3v) is 2.63. The zero-order chi connectivity index (χ0) is 9.47. The number of rotatable bonds is 1. The first-order valence-electron chi connectivity index (χ1n) is 4.51. The van der Waals surface area contributed by atoms with E-state index < -0.39 is 5.60 Å². The topological polar surface area (TPSA) is 41.3 Å². The van der Waals surface area contributed by atoms with Crippen LogP contribution in [0.1, 0.15) is 12.1 Å². The van der Waals surface area contributed by atoms with Crippen molar-refractivity contribution in [2.24, 2.45) is 7.05 Å². The Morgan fingerprint density at radius 3 is 2.77 bits per heavy atom.